The summed E-state index contributed by atoms with van der Waals surface area (Å²) in [5.74, 6) is -2.44. The van der Waals surface area contributed by atoms with Crippen molar-refractivity contribution in [3.8, 4) is 5.75 Å². The van der Waals surface area contributed by atoms with Gasteiger partial charge >= 0.3 is 6.18 Å². The molecule has 2 rings (SSSR count). The molecule has 0 bridgehead atoms. The van der Waals surface area contributed by atoms with E-state index in [0.717, 1.165) is 18.2 Å². The Bertz CT molecular complexity index is 837. The second-order valence-electron chi connectivity index (χ2n) is 4.79. The monoisotopic (exact) mass is 358 g/mol. The fraction of sp³-hybridized carbons (Fsp3) is 0.133. The average molecular weight is 358 g/mol. The molecule has 0 aromatic heterocycles. The predicted octanol–water partition coefficient (Wildman–Crippen LogP) is 4.01. The molecule has 0 spiro atoms. The molecule has 25 heavy (non-hydrogen) atoms. The van der Waals surface area contributed by atoms with E-state index < -0.39 is 34.1 Å². The van der Waals surface area contributed by atoms with Crippen LogP contribution < -0.4 is 10.1 Å². The maximum atomic E-state index is 13.3. The van der Waals surface area contributed by atoms with Crippen molar-refractivity contribution in [2.45, 2.75) is 6.18 Å². The van der Waals surface area contributed by atoms with Crippen LogP contribution in [0, 0.1) is 15.9 Å². The number of ether oxygens (including phenoxy) is 1. The highest BCUT2D eigenvalue weighted by atomic mass is 19.4. The van der Waals surface area contributed by atoms with Gasteiger partial charge in [0.05, 0.1) is 23.2 Å². The molecule has 1 N–H and O–H groups in total. The first-order chi connectivity index (χ1) is 11.6. The normalized spacial score (nSPS) is 11.1. The molecule has 0 unspecified atom stereocenters. The third-order valence-corrected chi connectivity index (χ3v) is 3.17. The Morgan fingerprint density at radius 2 is 1.88 bits per heavy atom. The molecule has 2 aromatic rings. The second kappa shape index (κ2) is 6.75. The van der Waals surface area contributed by atoms with Gasteiger partial charge in [-0.05, 0) is 24.3 Å². The summed E-state index contributed by atoms with van der Waals surface area (Å²) in [5.41, 5.74) is -2.53. The molecule has 0 fully saturated rings. The molecule has 132 valence electrons. The van der Waals surface area contributed by atoms with Gasteiger partial charge < -0.3 is 10.1 Å². The number of carbonyl (C=O) groups is 1. The van der Waals surface area contributed by atoms with Gasteiger partial charge in [0.15, 0.2) is 0 Å². The molecule has 6 nitrogen and oxygen atoms in total. The van der Waals surface area contributed by atoms with E-state index in [-0.39, 0.29) is 17.0 Å². The molecular weight excluding hydrogens is 348 g/mol. The Kier molecular flexibility index (Phi) is 4.91. The van der Waals surface area contributed by atoms with Crippen LogP contribution in [0.25, 0.3) is 0 Å². The van der Waals surface area contributed by atoms with Crippen molar-refractivity contribution in [1.29, 1.82) is 0 Å². The van der Waals surface area contributed by atoms with Crippen LogP contribution in [0.4, 0.5) is 28.9 Å². The smallest absolute Gasteiger partial charge is 0.419 e. The number of nitro groups is 1. The van der Waals surface area contributed by atoms with E-state index in [1.54, 1.807) is 0 Å². The summed E-state index contributed by atoms with van der Waals surface area (Å²) in [6.07, 6.45) is -4.94. The van der Waals surface area contributed by atoms with E-state index in [4.69, 9.17) is 4.74 Å². The molecule has 0 aliphatic carbocycles. The van der Waals surface area contributed by atoms with Gasteiger partial charge in [-0.15, -0.1) is 0 Å². The number of hydrogen-bond donors (Lipinski definition) is 1. The third-order valence-electron chi connectivity index (χ3n) is 3.17. The van der Waals surface area contributed by atoms with Gasteiger partial charge in [-0.1, -0.05) is 0 Å². The number of amides is 1. The van der Waals surface area contributed by atoms with Crippen LogP contribution in [-0.2, 0) is 6.18 Å². The number of nitrogens with zero attached hydrogens (tertiary/aromatic N) is 1. The highest BCUT2D eigenvalue weighted by Gasteiger charge is 2.34. The predicted molar refractivity (Wildman–Crippen MR) is 79.0 cm³/mol. The molecule has 0 heterocycles. The summed E-state index contributed by atoms with van der Waals surface area (Å²) in [5, 5.41) is 12.9. The summed E-state index contributed by atoms with van der Waals surface area (Å²) in [6, 6.07) is 5.13. The van der Waals surface area contributed by atoms with E-state index in [1.807, 2.05) is 0 Å². The van der Waals surface area contributed by atoms with Crippen molar-refractivity contribution in [2.75, 3.05) is 12.4 Å². The largest absolute Gasteiger partial charge is 0.496 e. The fourth-order valence-electron chi connectivity index (χ4n) is 2.01. The number of hydrogen-bond acceptors (Lipinski definition) is 4. The van der Waals surface area contributed by atoms with E-state index in [2.05, 4.69) is 5.32 Å². The van der Waals surface area contributed by atoms with Crippen LogP contribution >= 0.6 is 0 Å². The molecule has 0 saturated heterocycles. The fourth-order valence-corrected chi connectivity index (χ4v) is 2.01. The van der Waals surface area contributed by atoms with Crippen LogP contribution in [-0.4, -0.2) is 17.9 Å². The van der Waals surface area contributed by atoms with Crippen molar-refractivity contribution in [3.63, 3.8) is 0 Å². The number of anilines is 1. The Labute approximate surface area is 138 Å². The number of benzene rings is 2. The maximum Gasteiger partial charge on any atom is 0.419 e. The van der Waals surface area contributed by atoms with Crippen LogP contribution in [0.3, 0.4) is 0 Å². The molecule has 0 aliphatic heterocycles. The Morgan fingerprint density at radius 3 is 2.44 bits per heavy atom. The summed E-state index contributed by atoms with van der Waals surface area (Å²) in [6.45, 7) is 0. The first kappa shape index (κ1) is 18.2. The van der Waals surface area contributed by atoms with Gasteiger partial charge in [-0.2, -0.15) is 13.2 Å². The van der Waals surface area contributed by atoms with Crippen LogP contribution in [0.5, 0.6) is 5.75 Å². The second-order valence-corrected chi connectivity index (χ2v) is 4.79. The number of nitrogens with one attached hydrogen (secondary N) is 1. The Balaban J connectivity index is 2.37. The number of halogens is 4. The highest BCUT2D eigenvalue weighted by molar-refractivity contribution is 6.06. The molecule has 0 atom stereocenters. The zero-order chi connectivity index (χ0) is 18.8. The van der Waals surface area contributed by atoms with Crippen LogP contribution in [0.2, 0.25) is 0 Å². The standard InChI is InChI=1S/C15H10F4N2O4/c1-25-13-5-3-9(21(23)24)7-10(13)14(22)20-8-2-4-12(16)11(6-8)15(17,18)19/h2-7H,1H3,(H,20,22). The lowest BCUT2D eigenvalue weighted by molar-refractivity contribution is -0.384. The van der Waals surface area contributed by atoms with Crippen molar-refractivity contribution in [2.24, 2.45) is 0 Å². The molecule has 0 radical (unpaired) electrons. The van der Waals surface area contributed by atoms with Gasteiger partial charge in [-0.3, -0.25) is 14.9 Å². The first-order valence-electron chi connectivity index (χ1n) is 6.64. The SMILES string of the molecule is COc1ccc([N+](=O)[O-])cc1C(=O)Nc1ccc(F)c(C(F)(F)F)c1. The van der Waals surface area contributed by atoms with Gasteiger partial charge in [0.1, 0.15) is 11.6 Å². The molecule has 1 amide bonds. The van der Waals surface area contributed by atoms with E-state index in [1.165, 1.54) is 13.2 Å². The van der Waals surface area contributed by atoms with E-state index in [0.29, 0.717) is 12.1 Å². The van der Waals surface area contributed by atoms with Gasteiger partial charge in [0.2, 0.25) is 0 Å². The number of nitro benzene ring substituents is 1. The lowest BCUT2D eigenvalue weighted by atomic mass is 10.1. The molecular formula is C15H10F4N2O4. The molecule has 10 heteroatoms. The number of non-ortho nitro benzene ring substituents is 1. The summed E-state index contributed by atoms with van der Waals surface area (Å²) >= 11 is 0. The van der Waals surface area contributed by atoms with Gasteiger partial charge in [0, 0.05) is 17.8 Å². The zero-order valence-electron chi connectivity index (χ0n) is 12.6. The number of rotatable bonds is 4. The lowest BCUT2D eigenvalue weighted by Crippen LogP contribution is -2.15. The molecule has 0 saturated carbocycles. The quantitative estimate of drug-likeness (QED) is 0.509. The summed E-state index contributed by atoms with van der Waals surface area (Å²) in [7, 11) is 1.22. The lowest BCUT2D eigenvalue weighted by Gasteiger charge is -2.12. The topological polar surface area (TPSA) is 81.5 Å². The summed E-state index contributed by atoms with van der Waals surface area (Å²) in [4.78, 5) is 22.3. The minimum absolute atomic E-state index is 0.0127. The number of methoxy groups -OCH3 is 1. The van der Waals surface area contributed by atoms with Crippen molar-refractivity contribution in [3.05, 3.63) is 63.5 Å². The van der Waals surface area contributed by atoms with Crippen LogP contribution in [0.1, 0.15) is 15.9 Å². The zero-order valence-corrected chi connectivity index (χ0v) is 12.6. The number of alkyl halides is 3. The molecule has 0 aliphatic rings. The Hall–Kier alpha value is -3.17. The minimum Gasteiger partial charge on any atom is -0.496 e. The van der Waals surface area contributed by atoms with Gasteiger partial charge in [0.25, 0.3) is 11.6 Å². The van der Waals surface area contributed by atoms with Crippen molar-refractivity contribution in [1.82, 2.24) is 0 Å². The average Bonchev–Trinajstić information content (AvgIpc) is 2.54. The third kappa shape index (κ3) is 4.03. The maximum absolute atomic E-state index is 13.3. The summed E-state index contributed by atoms with van der Waals surface area (Å²) < 4.78 is 56.3. The number of carbonyl (C=O) groups excluding carboxylic acids is 1. The first-order valence-corrected chi connectivity index (χ1v) is 6.64. The van der Waals surface area contributed by atoms with E-state index >= 15 is 0 Å². The van der Waals surface area contributed by atoms with Crippen molar-refractivity contribution >= 4 is 17.3 Å². The molecule has 2 aromatic carbocycles. The van der Waals surface area contributed by atoms with Gasteiger partial charge in [-0.25, -0.2) is 4.39 Å². The minimum atomic E-state index is -4.94. The Morgan fingerprint density at radius 1 is 1.20 bits per heavy atom. The van der Waals surface area contributed by atoms with Crippen molar-refractivity contribution < 1.29 is 32.0 Å². The van der Waals surface area contributed by atoms with Crippen LogP contribution in [0.15, 0.2) is 36.4 Å². The highest BCUT2D eigenvalue weighted by Crippen LogP contribution is 2.33. The van der Waals surface area contributed by atoms with E-state index in [9.17, 15) is 32.5 Å².